The second-order valence-electron chi connectivity index (χ2n) is 6.95. The van der Waals surface area contributed by atoms with Gasteiger partial charge in [0.05, 0.1) is 12.7 Å². The van der Waals surface area contributed by atoms with Crippen molar-refractivity contribution in [1.82, 2.24) is 15.8 Å². The van der Waals surface area contributed by atoms with Gasteiger partial charge in [0.2, 0.25) is 0 Å². The highest BCUT2D eigenvalue weighted by Crippen LogP contribution is 2.32. The smallest absolute Gasteiger partial charge is 0.289 e. The van der Waals surface area contributed by atoms with Crippen LogP contribution in [0.5, 0.6) is 11.5 Å². The molecule has 7 nitrogen and oxygen atoms in total. The van der Waals surface area contributed by atoms with Gasteiger partial charge in [-0.3, -0.25) is 20.4 Å². The van der Waals surface area contributed by atoms with Crippen molar-refractivity contribution in [3.8, 4) is 22.1 Å². The van der Waals surface area contributed by atoms with Crippen LogP contribution in [0.15, 0.2) is 84.2 Å². The van der Waals surface area contributed by atoms with Crippen molar-refractivity contribution in [3.63, 3.8) is 0 Å². The predicted molar refractivity (Wildman–Crippen MR) is 126 cm³/mol. The molecule has 8 heteroatoms. The van der Waals surface area contributed by atoms with E-state index in [9.17, 15) is 9.59 Å². The number of para-hydroxylation sites is 1. The van der Waals surface area contributed by atoms with Crippen molar-refractivity contribution in [2.75, 3.05) is 7.11 Å². The van der Waals surface area contributed by atoms with Crippen LogP contribution >= 0.6 is 11.3 Å². The summed E-state index contributed by atoms with van der Waals surface area (Å²) in [7, 11) is 1.52. The van der Waals surface area contributed by atoms with Gasteiger partial charge in [0.1, 0.15) is 28.8 Å². The molecule has 3 aromatic carbocycles. The second kappa shape index (κ2) is 10.4. The molecule has 2 N–H and O–H groups in total. The van der Waals surface area contributed by atoms with E-state index < -0.39 is 11.8 Å². The van der Waals surface area contributed by atoms with Crippen LogP contribution < -0.4 is 20.3 Å². The molecule has 0 fully saturated rings. The Kier molecular flexibility index (Phi) is 6.96. The molecule has 1 aromatic heterocycles. The monoisotopic (exact) mass is 459 g/mol. The zero-order valence-corrected chi connectivity index (χ0v) is 18.6. The number of thiazole rings is 1. The van der Waals surface area contributed by atoms with Gasteiger partial charge in [-0.15, -0.1) is 11.3 Å². The van der Waals surface area contributed by atoms with Crippen LogP contribution in [0.1, 0.15) is 26.4 Å². The number of methoxy groups -OCH3 is 1. The van der Waals surface area contributed by atoms with Crippen LogP contribution in [-0.2, 0) is 6.61 Å². The molecule has 33 heavy (non-hydrogen) atoms. The number of carbonyl (C=O) groups excluding carboxylic acids is 2. The number of hydrogen-bond acceptors (Lipinski definition) is 6. The van der Waals surface area contributed by atoms with Crippen LogP contribution in [0.3, 0.4) is 0 Å². The second-order valence-corrected chi connectivity index (χ2v) is 7.81. The van der Waals surface area contributed by atoms with Crippen LogP contribution in [0.4, 0.5) is 0 Å². The lowest BCUT2D eigenvalue weighted by Gasteiger charge is -2.10. The van der Waals surface area contributed by atoms with Crippen molar-refractivity contribution in [2.45, 2.75) is 6.61 Å². The standard InChI is InChI=1S/C25H21N3O4S/c1-31-19-11-7-10-18(14-19)23(29)27-28-24(30)21-16-33-25(26-21)20-12-5-6-13-22(20)32-15-17-8-3-2-4-9-17/h2-14,16H,15H2,1H3,(H,27,29)(H,28,30). The summed E-state index contributed by atoms with van der Waals surface area (Å²) >= 11 is 1.32. The molecule has 0 unspecified atom stereocenters. The third-order valence-corrected chi connectivity index (χ3v) is 5.59. The summed E-state index contributed by atoms with van der Waals surface area (Å²) in [6.45, 7) is 0.423. The molecule has 0 spiro atoms. The summed E-state index contributed by atoms with van der Waals surface area (Å²) in [5.41, 5.74) is 7.18. The third-order valence-electron chi connectivity index (χ3n) is 4.71. The number of benzene rings is 3. The minimum atomic E-state index is -0.517. The number of carbonyl (C=O) groups is 2. The Labute approximate surface area is 195 Å². The van der Waals surface area contributed by atoms with E-state index in [1.54, 1.807) is 29.6 Å². The largest absolute Gasteiger partial charge is 0.497 e. The lowest BCUT2D eigenvalue weighted by molar-refractivity contribution is 0.0844. The zero-order chi connectivity index (χ0) is 23.0. The van der Waals surface area contributed by atoms with Gasteiger partial charge in [0.25, 0.3) is 11.8 Å². The minimum Gasteiger partial charge on any atom is -0.497 e. The average molecular weight is 460 g/mol. The predicted octanol–water partition coefficient (Wildman–Crippen LogP) is 4.47. The highest BCUT2D eigenvalue weighted by Gasteiger charge is 2.16. The number of nitrogens with zero attached hydrogens (tertiary/aromatic N) is 1. The maximum Gasteiger partial charge on any atom is 0.289 e. The number of amides is 2. The van der Waals surface area contributed by atoms with Crippen molar-refractivity contribution in [2.24, 2.45) is 0 Å². The van der Waals surface area contributed by atoms with E-state index in [1.807, 2.05) is 54.6 Å². The highest BCUT2D eigenvalue weighted by molar-refractivity contribution is 7.13. The average Bonchev–Trinajstić information content (AvgIpc) is 3.37. The van der Waals surface area contributed by atoms with Gasteiger partial charge in [-0.1, -0.05) is 48.5 Å². The van der Waals surface area contributed by atoms with E-state index in [0.29, 0.717) is 28.7 Å². The summed E-state index contributed by atoms with van der Waals surface area (Å²) in [5.74, 6) is 0.244. The van der Waals surface area contributed by atoms with Crippen LogP contribution in [-0.4, -0.2) is 23.9 Å². The van der Waals surface area contributed by atoms with Gasteiger partial charge >= 0.3 is 0 Å². The van der Waals surface area contributed by atoms with E-state index in [2.05, 4.69) is 15.8 Å². The van der Waals surface area contributed by atoms with E-state index in [4.69, 9.17) is 9.47 Å². The maximum atomic E-state index is 12.5. The third kappa shape index (κ3) is 5.55. The van der Waals surface area contributed by atoms with Crippen molar-refractivity contribution in [1.29, 1.82) is 0 Å². The van der Waals surface area contributed by atoms with Gasteiger partial charge in [-0.2, -0.15) is 0 Å². The molecule has 1 heterocycles. The molecular formula is C25H21N3O4S. The fraction of sp³-hybridized carbons (Fsp3) is 0.0800. The van der Waals surface area contributed by atoms with Crippen LogP contribution in [0.2, 0.25) is 0 Å². The minimum absolute atomic E-state index is 0.193. The molecule has 0 bridgehead atoms. The Morgan fingerprint density at radius 1 is 0.909 bits per heavy atom. The number of nitrogens with one attached hydrogen (secondary N) is 2. The van der Waals surface area contributed by atoms with Crippen molar-refractivity contribution in [3.05, 3.63) is 101 Å². The number of rotatable bonds is 7. The number of hydrazine groups is 1. The Hall–Kier alpha value is -4.17. The first-order chi connectivity index (χ1) is 16.1. The van der Waals surface area contributed by atoms with Gasteiger partial charge in [-0.05, 0) is 35.9 Å². The van der Waals surface area contributed by atoms with Crippen LogP contribution in [0.25, 0.3) is 10.6 Å². The highest BCUT2D eigenvalue weighted by atomic mass is 32.1. The van der Waals surface area contributed by atoms with Crippen molar-refractivity contribution >= 4 is 23.2 Å². The molecule has 4 aromatic rings. The Morgan fingerprint density at radius 2 is 1.67 bits per heavy atom. The van der Waals surface area contributed by atoms with E-state index in [0.717, 1.165) is 11.1 Å². The molecule has 0 saturated carbocycles. The number of ether oxygens (including phenoxy) is 2. The summed E-state index contributed by atoms with van der Waals surface area (Å²) in [4.78, 5) is 29.2. The molecule has 166 valence electrons. The lowest BCUT2D eigenvalue weighted by atomic mass is 10.2. The first-order valence-corrected chi connectivity index (χ1v) is 11.0. The fourth-order valence-electron chi connectivity index (χ4n) is 3.02. The molecule has 0 aliphatic heterocycles. The molecule has 0 saturated heterocycles. The van der Waals surface area contributed by atoms with Gasteiger partial charge < -0.3 is 9.47 Å². The molecule has 0 radical (unpaired) electrons. The Balaban J connectivity index is 1.41. The molecule has 0 atom stereocenters. The Bertz CT molecular complexity index is 1260. The maximum absolute atomic E-state index is 12.5. The van der Waals surface area contributed by atoms with Gasteiger partial charge in [0.15, 0.2) is 0 Å². The molecular weight excluding hydrogens is 438 g/mol. The van der Waals surface area contributed by atoms with Gasteiger partial charge in [0, 0.05) is 10.9 Å². The summed E-state index contributed by atoms with van der Waals surface area (Å²) in [6.07, 6.45) is 0. The number of aromatic nitrogens is 1. The SMILES string of the molecule is COc1cccc(C(=O)NNC(=O)c2csc(-c3ccccc3OCc3ccccc3)n2)c1. The van der Waals surface area contributed by atoms with E-state index >= 15 is 0 Å². The van der Waals surface area contributed by atoms with Gasteiger partial charge in [-0.25, -0.2) is 4.98 Å². The summed E-state index contributed by atoms with van der Waals surface area (Å²) in [6, 6.07) is 24.0. The molecule has 0 aliphatic rings. The van der Waals surface area contributed by atoms with Crippen molar-refractivity contribution < 1.29 is 19.1 Å². The normalized spacial score (nSPS) is 10.3. The van der Waals surface area contributed by atoms with Crippen LogP contribution in [0, 0.1) is 0 Å². The Morgan fingerprint density at radius 3 is 2.48 bits per heavy atom. The summed E-state index contributed by atoms with van der Waals surface area (Å²) in [5, 5.41) is 2.28. The first kappa shape index (κ1) is 22.0. The number of hydrogen-bond donors (Lipinski definition) is 2. The van der Waals surface area contributed by atoms with E-state index in [-0.39, 0.29) is 5.69 Å². The lowest BCUT2D eigenvalue weighted by Crippen LogP contribution is -2.41. The molecule has 0 aliphatic carbocycles. The molecule has 2 amide bonds. The first-order valence-electron chi connectivity index (χ1n) is 10.1. The quantitative estimate of drug-likeness (QED) is 0.398. The summed E-state index contributed by atoms with van der Waals surface area (Å²) < 4.78 is 11.1. The fourth-order valence-corrected chi connectivity index (χ4v) is 3.85. The molecule has 4 rings (SSSR count). The topological polar surface area (TPSA) is 89.6 Å². The van der Waals surface area contributed by atoms with E-state index in [1.165, 1.54) is 18.4 Å². The zero-order valence-electron chi connectivity index (χ0n) is 17.8.